The van der Waals surface area contributed by atoms with E-state index >= 15 is 0 Å². The number of halogens is 1. The summed E-state index contributed by atoms with van der Waals surface area (Å²) in [6, 6.07) is 13.4. The topological polar surface area (TPSA) is 44.9 Å². The molecule has 3 aromatic rings. The average molecular weight is 371 g/mol. The molecule has 5 nitrogen and oxygen atoms in total. The lowest BCUT2D eigenvalue weighted by Crippen LogP contribution is -3.08. The quantitative estimate of drug-likeness (QED) is 0.575. The lowest BCUT2D eigenvalue weighted by Gasteiger charge is -2.21. The number of ether oxygens (including phenoxy) is 2. The maximum atomic E-state index is 13.3. The van der Waals surface area contributed by atoms with Crippen molar-refractivity contribution >= 4 is 16.8 Å². The van der Waals surface area contributed by atoms with Crippen LogP contribution in [0, 0.1) is 0 Å². The Labute approximate surface area is 157 Å². The SMILES string of the molecule is C[NH+]1CCc2c(c3cc4c(cc3n2C(=O)c2ccccc2)OCO4)C1.[Cl-]. The highest BCUT2D eigenvalue weighted by Crippen LogP contribution is 2.39. The van der Waals surface area contributed by atoms with Gasteiger partial charge in [-0.2, -0.15) is 0 Å². The summed E-state index contributed by atoms with van der Waals surface area (Å²) >= 11 is 0. The number of likely N-dealkylation sites (N-methyl/N-ethyl adjacent to an activating group) is 1. The van der Waals surface area contributed by atoms with Crippen LogP contribution in [0.25, 0.3) is 10.9 Å². The van der Waals surface area contributed by atoms with E-state index in [9.17, 15) is 4.79 Å². The van der Waals surface area contributed by atoms with Gasteiger partial charge in [0.15, 0.2) is 11.5 Å². The van der Waals surface area contributed by atoms with Gasteiger partial charge in [-0.3, -0.25) is 9.36 Å². The summed E-state index contributed by atoms with van der Waals surface area (Å²) in [6.45, 7) is 2.18. The van der Waals surface area contributed by atoms with Gasteiger partial charge in [-0.25, -0.2) is 0 Å². The summed E-state index contributed by atoms with van der Waals surface area (Å²) in [7, 11) is 2.19. The first-order valence-corrected chi connectivity index (χ1v) is 8.59. The monoisotopic (exact) mass is 370 g/mol. The van der Waals surface area contributed by atoms with Crippen LogP contribution in [0.15, 0.2) is 42.5 Å². The van der Waals surface area contributed by atoms with Gasteiger partial charge < -0.3 is 26.8 Å². The summed E-state index contributed by atoms with van der Waals surface area (Å²) in [6.07, 6.45) is 0.890. The van der Waals surface area contributed by atoms with Gasteiger partial charge in [0, 0.05) is 34.7 Å². The van der Waals surface area contributed by atoms with Crippen molar-refractivity contribution < 1.29 is 31.6 Å². The number of quaternary nitrogens is 1. The molecule has 6 heteroatoms. The van der Waals surface area contributed by atoms with Crippen molar-refractivity contribution in [2.24, 2.45) is 0 Å². The third kappa shape index (κ3) is 2.47. The minimum atomic E-state index is 0. The highest BCUT2D eigenvalue weighted by Gasteiger charge is 2.29. The highest BCUT2D eigenvalue weighted by atomic mass is 35.5. The van der Waals surface area contributed by atoms with Crippen LogP contribution in [0.3, 0.4) is 0 Å². The summed E-state index contributed by atoms with van der Waals surface area (Å²) < 4.78 is 13.0. The van der Waals surface area contributed by atoms with Crippen molar-refractivity contribution in [2.75, 3.05) is 20.4 Å². The summed E-state index contributed by atoms with van der Waals surface area (Å²) in [5, 5.41) is 1.10. The van der Waals surface area contributed by atoms with Gasteiger partial charge in [0.25, 0.3) is 5.91 Å². The van der Waals surface area contributed by atoms with E-state index in [1.54, 1.807) is 0 Å². The van der Waals surface area contributed by atoms with Crippen LogP contribution in [0.2, 0.25) is 0 Å². The summed E-state index contributed by atoms with van der Waals surface area (Å²) in [5.74, 6) is 1.50. The van der Waals surface area contributed by atoms with Gasteiger partial charge in [0.05, 0.1) is 19.1 Å². The molecule has 134 valence electrons. The van der Waals surface area contributed by atoms with Gasteiger partial charge in [-0.05, 0) is 18.2 Å². The van der Waals surface area contributed by atoms with Crippen molar-refractivity contribution in [3.8, 4) is 11.5 Å². The zero-order valence-corrected chi connectivity index (χ0v) is 15.2. The Bertz CT molecular complexity index is 997. The largest absolute Gasteiger partial charge is 1.00 e. The number of nitrogens with one attached hydrogen (secondary N) is 1. The Morgan fingerprint density at radius 1 is 1.12 bits per heavy atom. The van der Waals surface area contributed by atoms with Crippen LogP contribution < -0.4 is 26.8 Å². The van der Waals surface area contributed by atoms with Crippen molar-refractivity contribution in [1.82, 2.24) is 4.57 Å². The zero-order chi connectivity index (χ0) is 17.0. The molecule has 26 heavy (non-hydrogen) atoms. The van der Waals surface area contributed by atoms with Crippen LogP contribution in [-0.4, -0.2) is 30.9 Å². The number of hydrogen-bond acceptors (Lipinski definition) is 3. The smallest absolute Gasteiger partial charge is 0.262 e. The lowest BCUT2D eigenvalue weighted by molar-refractivity contribution is -0.895. The van der Waals surface area contributed by atoms with E-state index in [-0.39, 0.29) is 25.1 Å². The first-order chi connectivity index (χ1) is 12.2. The third-order valence-electron chi connectivity index (χ3n) is 5.17. The molecule has 1 unspecified atom stereocenters. The number of aromatic nitrogens is 1. The van der Waals surface area contributed by atoms with Gasteiger partial charge in [0.2, 0.25) is 6.79 Å². The van der Waals surface area contributed by atoms with E-state index in [4.69, 9.17) is 9.47 Å². The predicted octanol–water partition coefficient (Wildman–Crippen LogP) is -1.37. The van der Waals surface area contributed by atoms with E-state index in [0.717, 1.165) is 41.9 Å². The van der Waals surface area contributed by atoms with Crippen molar-refractivity contribution in [3.63, 3.8) is 0 Å². The molecule has 0 saturated carbocycles. The number of nitrogens with zero attached hydrogens (tertiary/aromatic N) is 1. The number of rotatable bonds is 1. The van der Waals surface area contributed by atoms with Gasteiger partial charge >= 0.3 is 0 Å². The summed E-state index contributed by atoms with van der Waals surface area (Å²) in [5.41, 5.74) is 3.99. The number of hydrogen-bond donors (Lipinski definition) is 1. The molecular weight excluding hydrogens is 352 g/mol. The highest BCUT2D eigenvalue weighted by molar-refractivity contribution is 6.04. The minimum Gasteiger partial charge on any atom is -1.00 e. The second kappa shape index (κ2) is 6.34. The van der Waals surface area contributed by atoms with Gasteiger partial charge in [0.1, 0.15) is 6.54 Å². The van der Waals surface area contributed by atoms with Crippen LogP contribution in [0.4, 0.5) is 0 Å². The van der Waals surface area contributed by atoms with Crippen molar-refractivity contribution in [2.45, 2.75) is 13.0 Å². The summed E-state index contributed by atoms with van der Waals surface area (Å²) in [4.78, 5) is 14.7. The Hall–Kier alpha value is -2.50. The van der Waals surface area contributed by atoms with Crippen LogP contribution in [-0.2, 0) is 13.0 Å². The maximum absolute atomic E-state index is 13.3. The third-order valence-corrected chi connectivity index (χ3v) is 5.17. The standard InChI is InChI=1S/C20H18N2O3.ClH/c1-21-8-7-16-15(11-21)14-9-18-19(25-12-24-18)10-17(14)22(16)20(23)13-5-3-2-4-6-13;/h2-6,9-10H,7-8,11-12H2,1H3;1H. The molecule has 0 bridgehead atoms. The molecule has 0 amide bonds. The number of benzene rings is 2. The normalized spacial score (nSPS) is 17.7. The average Bonchev–Trinajstić information content (AvgIpc) is 3.21. The van der Waals surface area contributed by atoms with E-state index < -0.39 is 0 Å². The van der Waals surface area contributed by atoms with E-state index in [2.05, 4.69) is 7.05 Å². The Morgan fingerprint density at radius 2 is 1.85 bits per heavy atom. The second-order valence-corrected chi connectivity index (χ2v) is 6.79. The molecule has 0 spiro atoms. The first kappa shape index (κ1) is 16.9. The molecule has 2 aliphatic rings. The van der Waals surface area contributed by atoms with Crippen molar-refractivity contribution in [1.29, 1.82) is 0 Å². The van der Waals surface area contributed by atoms with E-state index in [1.165, 1.54) is 10.5 Å². The number of carbonyl (C=O) groups is 1. The molecule has 5 rings (SSSR count). The van der Waals surface area contributed by atoms with Crippen molar-refractivity contribution in [3.05, 3.63) is 59.3 Å². The lowest BCUT2D eigenvalue weighted by atomic mass is 10.0. The fourth-order valence-electron chi connectivity index (χ4n) is 3.92. The second-order valence-electron chi connectivity index (χ2n) is 6.79. The van der Waals surface area contributed by atoms with E-state index in [0.29, 0.717) is 11.3 Å². The Kier molecular flexibility index (Phi) is 4.13. The first-order valence-electron chi connectivity index (χ1n) is 8.59. The molecule has 0 fully saturated rings. The van der Waals surface area contributed by atoms with Crippen LogP contribution >= 0.6 is 0 Å². The van der Waals surface area contributed by atoms with Crippen LogP contribution in [0.1, 0.15) is 21.6 Å². The van der Waals surface area contributed by atoms with E-state index in [1.807, 2.05) is 47.0 Å². The van der Waals surface area contributed by atoms with Crippen LogP contribution in [0.5, 0.6) is 11.5 Å². The Morgan fingerprint density at radius 3 is 2.62 bits per heavy atom. The molecule has 0 radical (unpaired) electrons. The molecule has 2 aromatic carbocycles. The predicted molar refractivity (Wildman–Crippen MR) is 93.4 cm³/mol. The molecule has 0 saturated heterocycles. The number of carbonyl (C=O) groups excluding carboxylic acids is 1. The maximum Gasteiger partial charge on any atom is 0.262 e. The molecule has 1 aromatic heterocycles. The molecule has 1 N–H and O–H groups in total. The minimum absolute atomic E-state index is 0. The molecule has 0 aliphatic carbocycles. The fraction of sp³-hybridized carbons (Fsp3) is 0.250. The van der Waals surface area contributed by atoms with Gasteiger partial charge in [-0.1, -0.05) is 18.2 Å². The number of fused-ring (bicyclic) bond motifs is 4. The molecular formula is C20H19ClN2O3. The molecule has 2 aliphatic heterocycles. The molecule has 3 heterocycles. The molecule has 1 atom stereocenters. The zero-order valence-electron chi connectivity index (χ0n) is 14.4. The fourth-order valence-corrected chi connectivity index (χ4v) is 3.92. The Balaban J connectivity index is 0.00000168. The van der Waals surface area contributed by atoms with Gasteiger partial charge in [-0.15, -0.1) is 0 Å².